The van der Waals surface area contributed by atoms with Gasteiger partial charge in [-0.2, -0.15) is 0 Å². The van der Waals surface area contributed by atoms with E-state index in [9.17, 15) is 9.59 Å². The average molecular weight is 334 g/mol. The molecule has 0 aromatic heterocycles. The quantitative estimate of drug-likeness (QED) is 0.555. The van der Waals surface area contributed by atoms with Crippen molar-refractivity contribution in [2.24, 2.45) is 5.73 Å². The molecule has 0 fully saturated rings. The first-order valence-electron chi connectivity index (χ1n) is 5.68. The Morgan fingerprint density at radius 3 is 2.45 bits per heavy atom. The molecule has 0 saturated carbocycles. The Hall–Kier alpha value is -1.37. The van der Waals surface area contributed by atoms with Gasteiger partial charge >= 0.3 is 11.8 Å². The SMILES string of the molecule is NC(=S)CNC(=O)C(=O)NCCc1ccc(Cl)cc1Cl. The fraction of sp³-hybridized carbons (Fsp3) is 0.250. The first-order valence-corrected chi connectivity index (χ1v) is 6.85. The molecule has 4 N–H and O–H groups in total. The van der Waals surface area contributed by atoms with Crippen LogP contribution in [0.1, 0.15) is 5.56 Å². The van der Waals surface area contributed by atoms with Crippen LogP contribution in [0.4, 0.5) is 0 Å². The number of carbonyl (C=O) groups is 2. The molecule has 1 aromatic carbocycles. The second kappa shape index (κ2) is 8.04. The summed E-state index contributed by atoms with van der Waals surface area (Å²) < 4.78 is 0. The maximum Gasteiger partial charge on any atom is 0.309 e. The van der Waals surface area contributed by atoms with E-state index in [1.165, 1.54) is 0 Å². The van der Waals surface area contributed by atoms with Gasteiger partial charge in [0.2, 0.25) is 0 Å². The normalized spacial score (nSPS) is 9.90. The molecule has 0 aliphatic rings. The van der Waals surface area contributed by atoms with Gasteiger partial charge in [-0.3, -0.25) is 9.59 Å². The van der Waals surface area contributed by atoms with Gasteiger partial charge in [0.25, 0.3) is 0 Å². The average Bonchev–Trinajstić information content (AvgIpc) is 2.38. The number of nitrogens with two attached hydrogens (primary N) is 1. The molecule has 20 heavy (non-hydrogen) atoms. The van der Waals surface area contributed by atoms with Gasteiger partial charge in [-0.1, -0.05) is 41.5 Å². The van der Waals surface area contributed by atoms with Crippen LogP contribution < -0.4 is 16.4 Å². The molecule has 2 amide bonds. The fourth-order valence-electron chi connectivity index (χ4n) is 1.36. The van der Waals surface area contributed by atoms with Crippen LogP contribution in [0.25, 0.3) is 0 Å². The summed E-state index contributed by atoms with van der Waals surface area (Å²) in [6, 6.07) is 5.10. The fourth-order valence-corrected chi connectivity index (χ4v) is 1.94. The van der Waals surface area contributed by atoms with Crippen molar-refractivity contribution in [2.75, 3.05) is 13.1 Å². The molecule has 0 atom stereocenters. The lowest BCUT2D eigenvalue weighted by atomic mass is 10.1. The standard InChI is InChI=1S/C12H13Cl2N3O2S/c13-8-2-1-7(9(14)5-8)3-4-16-11(18)12(19)17-6-10(15)20/h1-2,5H,3-4,6H2,(H2,15,20)(H,16,18)(H,17,19). The van der Waals surface area contributed by atoms with E-state index >= 15 is 0 Å². The number of benzene rings is 1. The van der Waals surface area contributed by atoms with Crippen molar-refractivity contribution in [1.82, 2.24) is 10.6 Å². The van der Waals surface area contributed by atoms with Crippen LogP contribution >= 0.6 is 35.4 Å². The highest BCUT2D eigenvalue weighted by molar-refractivity contribution is 7.80. The van der Waals surface area contributed by atoms with E-state index in [-0.39, 0.29) is 18.1 Å². The van der Waals surface area contributed by atoms with Gasteiger partial charge in [-0.05, 0) is 24.1 Å². The van der Waals surface area contributed by atoms with Gasteiger partial charge in [-0.25, -0.2) is 0 Å². The van der Waals surface area contributed by atoms with Crippen molar-refractivity contribution in [2.45, 2.75) is 6.42 Å². The Morgan fingerprint density at radius 1 is 1.20 bits per heavy atom. The van der Waals surface area contributed by atoms with Crippen molar-refractivity contribution >= 4 is 52.2 Å². The van der Waals surface area contributed by atoms with E-state index in [4.69, 9.17) is 28.9 Å². The topological polar surface area (TPSA) is 84.2 Å². The Bertz CT molecular complexity index is 537. The zero-order valence-corrected chi connectivity index (χ0v) is 12.7. The Labute approximate surface area is 131 Å². The minimum atomic E-state index is -0.778. The summed E-state index contributed by atoms with van der Waals surface area (Å²) in [4.78, 5) is 22.9. The van der Waals surface area contributed by atoms with Gasteiger partial charge in [0.15, 0.2) is 0 Å². The van der Waals surface area contributed by atoms with Crippen molar-refractivity contribution in [3.63, 3.8) is 0 Å². The molecule has 5 nitrogen and oxygen atoms in total. The third-order valence-corrected chi connectivity index (χ3v) is 3.06. The van der Waals surface area contributed by atoms with E-state index in [2.05, 4.69) is 22.9 Å². The largest absolute Gasteiger partial charge is 0.392 e. The number of nitrogens with one attached hydrogen (secondary N) is 2. The Balaban J connectivity index is 2.38. The molecular weight excluding hydrogens is 321 g/mol. The van der Waals surface area contributed by atoms with Crippen molar-refractivity contribution < 1.29 is 9.59 Å². The van der Waals surface area contributed by atoms with Crippen LogP contribution in [0.5, 0.6) is 0 Å². The van der Waals surface area contributed by atoms with E-state index < -0.39 is 11.8 Å². The maximum atomic E-state index is 11.4. The third kappa shape index (κ3) is 5.73. The monoisotopic (exact) mass is 333 g/mol. The molecule has 1 rings (SSSR count). The molecule has 0 bridgehead atoms. The minimum Gasteiger partial charge on any atom is -0.392 e. The Morgan fingerprint density at radius 2 is 1.85 bits per heavy atom. The van der Waals surface area contributed by atoms with Crippen LogP contribution in [-0.4, -0.2) is 29.9 Å². The van der Waals surface area contributed by atoms with E-state index in [1.807, 2.05) is 0 Å². The number of amides is 2. The van der Waals surface area contributed by atoms with Gasteiger partial charge in [0.1, 0.15) is 0 Å². The first kappa shape index (κ1) is 16.7. The van der Waals surface area contributed by atoms with Crippen LogP contribution in [0.2, 0.25) is 10.0 Å². The van der Waals surface area contributed by atoms with Gasteiger partial charge < -0.3 is 16.4 Å². The minimum absolute atomic E-state index is 0.00933. The lowest BCUT2D eigenvalue weighted by molar-refractivity contribution is -0.139. The van der Waals surface area contributed by atoms with Crippen molar-refractivity contribution in [3.8, 4) is 0 Å². The highest BCUT2D eigenvalue weighted by atomic mass is 35.5. The molecule has 0 aliphatic heterocycles. The molecule has 0 saturated heterocycles. The second-order valence-corrected chi connectivity index (χ2v) is 5.26. The lowest BCUT2D eigenvalue weighted by Gasteiger charge is -2.07. The predicted octanol–water partition coefficient (Wildman–Crippen LogP) is 1.05. The molecule has 8 heteroatoms. The van der Waals surface area contributed by atoms with E-state index in [0.717, 1.165) is 5.56 Å². The molecule has 1 aromatic rings. The summed E-state index contributed by atoms with van der Waals surface area (Å²) in [5, 5.41) is 5.82. The van der Waals surface area contributed by atoms with Crippen LogP contribution in [0.3, 0.4) is 0 Å². The molecule has 0 unspecified atom stereocenters. The van der Waals surface area contributed by atoms with E-state index in [1.54, 1.807) is 18.2 Å². The number of carbonyl (C=O) groups excluding carboxylic acids is 2. The molecule has 0 radical (unpaired) electrons. The molecule has 108 valence electrons. The van der Waals surface area contributed by atoms with Gasteiger partial charge in [0, 0.05) is 16.6 Å². The highest BCUT2D eigenvalue weighted by Crippen LogP contribution is 2.20. The molecule has 0 aliphatic carbocycles. The third-order valence-electron chi connectivity index (χ3n) is 2.32. The Kier molecular flexibility index (Phi) is 6.70. The van der Waals surface area contributed by atoms with Crippen molar-refractivity contribution in [3.05, 3.63) is 33.8 Å². The first-order chi connectivity index (χ1) is 9.40. The smallest absolute Gasteiger partial charge is 0.309 e. The lowest BCUT2D eigenvalue weighted by Crippen LogP contribution is -2.43. The zero-order chi connectivity index (χ0) is 15.1. The second-order valence-electron chi connectivity index (χ2n) is 3.89. The molecular formula is C12H13Cl2N3O2S. The number of rotatable bonds is 5. The highest BCUT2D eigenvalue weighted by Gasteiger charge is 2.12. The van der Waals surface area contributed by atoms with Gasteiger partial charge in [-0.15, -0.1) is 0 Å². The van der Waals surface area contributed by atoms with Crippen LogP contribution in [-0.2, 0) is 16.0 Å². The number of halogens is 2. The predicted molar refractivity (Wildman–Crippen MR) is 83.0 cm³/mol. The summed E-state index contributed by atoms with van der Waals surface area (Å²) in [5.41, 5.74) is 6.04. The molecule has 0 spiro atoms. The summed E-state index contributed by atoms with van der Waals surface area (Å²) in [5.74, 6) is -1.52. The van der Waals surface area contributed by atoms with E-state index in [0.29, 0.717) is 16.5 Å². The summed E-state index contributed by atoms with van der Waals surface area (Å²) in [6.07, 6.45) is 0.490. The maximum absolute atomic E-state index is 11.4. The summed E-state index contributed by atoms with van der Waals surface area (Å²) in [7, 11) is 0. The molecule has 0 heterocycles. The number of hydrogen-bond acceptors (Lipinski definition) is 3. The number of hydrogen-bond donors (Lipinski definition) is 3. The number of thiocarbonyl (C=S) groups is 1. The van der Waals surface area contributed by atoms with Gasteiger partial charge in [0.05, 0.1) is 11.5 Å². The van der Waals surface area contributed by atoms with Crippen LogP contribution in [0.15, 0.2) is 18.2 Å². The zero-order valence-electron chi connectivity index (χ0n) is 10.4. The van der Waals surface area contributed by atoms with Crippen molar-refractivity contribution in [1.29, 1.82) is 0 Å². The summed E-state index contributed by atoms with van der Waals surface area (Å²) >= 11 is 16.3. The summed E-state index contributed by atoms with van der Waals surface area (Å²) in [6.45, 7) is 0.269. The van der Waals surface area contributed by atoms with Crippen LogP contribution in [0, 0.1) is 0 Å².